The van der Waals surface area contributed by atoms with Crippen LogP contribution in [0.1, 0.15) is 64.8 Å². The van der Waals surface area contributed by atoms with Crippen molar-refractivity contribution in [3.8, 4) is 11.8 Å². The van der Waals surface area contributed by atoms with E-state index in [0.29, 0.717) is 49.5 Å². The monoisotopic (exact) mass is 529 g/mol. The van der Waals surface area contributed by atoms with Crippen LogP contribution in [0.15, 0.2) is 42.5 Å². The number of hydrogen-bond acceptors (Lipinski definition) is 6. The summed E-state index contributed by atoms with van der Waals surface area (Å²) in [6.07, 6.45) is 7.03. The first-order chi connectivity index (χ1) is 19.1. The molecule has 0 N–H and O–H groups in total. The number of rotatable bonds is 8. The molecular formula is C31H39N5O3. The molecule has 0 aliphatic carbocycles. The zero-order valence-corrected chi connectivity index (χ0v) is 22.8. The second-order valence-electron chi connectivity index (χ2n) is 10.8. The Morgan fingerprint density at radius 2 is 1.33 bits per heavy atom. The molecule has 0 radical (unpaired) electrons. The van der Waals surface area contributed by atoms with Crippen molar-refractivity contribution in [1.29, 1.82) is 5.26 Å². The van der Waals surface area contributed by atoms with E-state index in [1.165, 1.54) is 32.4 Å². The fourth-order valence-corrected chi connectivity index (χ4v) is 5.82. The molecule has 5 rings (SSSR count). The van der Waals surface area contributed by atoms with Gasteiger partial charge in [-0.2, -0.15) is 5.26 Å². The van der Waals surface area contributed by atoms with E-state index in [-0.39, 0.29) is 11.8 Å². The summed E-state index contributed by atoms with van der Waals surface area (Å²) in [4.78, 5) is 34.1. The van der Waals surface area contributed by atoms with Gasteiger partial charge in [-0.05, 0) is 87.7 Å². The van der Waals surface area contributed by atoms with E-state index in [4.69, 9.17) is 4.74 Å². The van der Waals surface area contributed by atoms with Gasteiger partial charge < -0.3 is 24.3 Å². The first-order valence-corrected chi connectivity index (χ1v) is 14.5. The fraction of sp³-hybridized carbons (Fsp3) is 0.516. The Morgan fingerprint density at radius 3 is 1.95 bits per heavy atom. The average molecular weight is 530 g/mol. The second kappa shape index (κ2) is 13.0. The summed E-state index contributed by atoms with van der Waals surface area (Å²) in [5, 5.41) is 9.80. The van der Waals surface area contributed by atoms with Crippen LogP contribution in [0.25, 0.3) is 0 Å². The lowest BCUT2D eigenvalue weighted by Crippen LogP contribution is -2.49. The number of nitriles is 1. The molecule has 0 atom stereocenters. The van der Waals surface area contributed by atoms with Crippen molar-refractivity contribution in [2.75, 3.05) is 70.4 Å². The summed E-state index contributed by atoms with van der Waals surface area (Å²) in [7, 11) is 0. The largest absolute Gasteiger partial charge is 0.493 e. The molecule has 2 amide bonds. The molecule has 0 bridgehead atoms. The first-order valence-electron chi connectivity index (χ1n) is 14.5. The summed E-state index contributed by atoms with van der Waals surface area (Å²) in [5.41, 5.74) is 2.72. The minimum atomic E-state index is -0.0244. The average Bonchev–Trinajstić information content (AvgIpc) is 3.54. The molecule has 39 heavy (non-hydrogen) atoms. The number of likely N-dealkylation sites (tertiary alicyclic amines) is 2. The van der Waals surface area contributed by atoms with E-state index in [2.05, 4.69) is 15.9 Å². The molecule has 0 saturated carbocycles. The number of benzene rings is 2. The number of carbonyl (C=O) groups excluding carboxylic acids is 2. The number of piperidine rings is 1. The predicted molar refractivity (Wildman–Crippen MR) is 151 cm³/mol. The van der Waals surface area contributed by atoms with Gasteiger partial charge in [0.25, 0.3) is 11.8 Å². The van der Waals surface area contributed by atoms with E-state index in [1.54, 1.807) is 24.3 Å². The van der Waals surface area contributed by atoms with Crippen LogP contribution >= 0.6 is 0 Å². The number of ether oxygens (including phenoxy) is 1. The van der Waals surface area contributed by atoms with E-state index in [0.717, 1.165) is 50.3 Å². The maximum absolute atomic E-state index is 13.1. The van der Waals surface area contributed by atoms with Gasteiger partial charge in [0, 0.05) is 56.9 Å². The second-order valence-corrected chi connectivity index (χ2v) is 10.8. The van der Waals surface area contributed by atoms with Crippen molar-refractivity contribution in [2.45, 2.75) is 38.5 Å². The standard InChI is InChI=1S/C31H39N5O3/c32-24-27-23-28(39-22-6-15-33-13-2-1-3-14-33)11-12-29(27)34-18-20-36(21-19-34)31(38)26-9-7-25(8-10-26)30(37)35-16-4-5-17-35/h7-12,23H,1-6,13-22H2. The molecule has 3 fully saturated rings. The highest BCUT2D eigenvalue weighted by atomic mass is 16.5. The zero-order chi connectivity index (χ0) is 27.0. The number of nitrogens with zero attached hydrogens (tertiary/aromatic N) is 5. The van der Waals surface area contributed by atoms with Gasteiger partial charge in [-0.15, -0.1) is 0 Å². The van der Waals surface area contributed by atoms with Gasteiger partial charge in [-0.3, -0.25) is 9.59 Å². The third kappa shape index (κ3) is 6.72. The molecule has 3 aliphatic heterocycles. The van der Waals surface area contributed by atoms with Gasteiger partial charge in [-0.1, -0.05) is 6.42 Å². The van der Waals surface area contributed by atoms with Crippen LogP contribution in [-0.4, -0.2) is 92.0 Å². The summed E-state index contributed by atoms with van der Waals surface area (Å²) in [6.45, 7) is 8.18. The summed E-state index contributed by atoms with van der Waals surface area (Å²) in [5.74, 6) is 0.750. The lowest BCUT2D eigenvalue weighted by molar-refractivity contribution is 0.0744. The highest BCUT2D eigenvalue weighted by Gasteiger charge is 2.25. The summed E-state index contributed by atoms with van der Waals surface area (Å²) < 4.78 is 5.96. The lowest BCUT2D eigenvalue weighted by Gasteiger charge is -2.36. The maximum Gasteiger partial charge on any atom is 0.253 e. The van der Waals surface area contributed by atoms with Crippen molar-refractivity contribution in [1.82, 2.24) is 14.7 Å². The van der Waals surface area contributed by atoms with Crippen LogP contribution < -0.4 is 9.64 Å². The van der Waals surface area contributed by atoms with Crippen molar-refractivity contribution in [3.63, 3.8) is 0 Å². The van der Waals surface area contributed by atoms with E-state index in [1.807, 2.05) is 28.0 Å². The summed E-state index contributed by atoms with van der Waals surface area (Å²) in [6, 6.07) is 15.1. The third-order valence-corrected chi connectivity index (χ3v) is 8.10. The number of amides is 2. The van der Waals surface area contributed by atoms with Crippen LogP contribution in [0, 0.1) is 11.3 Å². The molecule has 3 aliphatic rings. The zero-order valence-electron chi connectivity index (χ0n) is 22.8. The fourth-order valence-electron chi connectivity index (χ4n) is 5.82. The molecule has 206 valence electrons. The minimum absolute atomic E-state index is 0.0244. The highest BCUT2D eigenvalue weighted by molar-refractivity contribution is 5.98. The van der Waals surface area contributed by atoms with Crippen molar-refractivity contribution in [2.24, 2.45) is 0 Å². The SMILES string of the molecule is N#Cc1cc(OCCCN2CCCCC2)ccc1N1CCN(C(=O)c2ccc(C(=O)N3CCCC3)cc2)CC1. The molecular weight excluding hydrogens is 490 g/mol. The smallest absolute Gasteiger partial charge is 0.253 e. The molecule has 2 aromatic rings. The van der Waals surface area contributed by atoms with E-state index >= 15 is 0 Å². The Hall–Kier alpha value is -3.57. The van der Waals surface area contributed by atoms with Crippen LogP contribution in [0.4, 0.5) is 5.69 Å². The van der Waals surface area contributed by atoms with Gasteiger partial charge in [0.2, 0.25) is 0 Å². The first kappa shape index (κ1) is 27.0. The Bertz CT molecular complexity index is 1170. The van der Waals surface area contributed by atoms with Gasteiger partial charge >= 0.3 is 0 Å². The normalized spacial score (nSPS) is 18.2. The number of anilines is 1. The third-order valence-electron chi connectivity index (χ3n) is 8.10. The van der Waals surface area contributed by atoms with Crippen LogP contribution in [0.3, 0.4) is 0 Å². The van der Waals surface area contributed by atoms with Gasteiger partial charge in [0.1, 0.15) is 11.8 Å². The molecule has 8 nitrogen and oxygen atoms in total. The Morgan fingerprint density at radius 1 is 0.744 bits per heavy atom. The molecule has 8 heteroatoms. The van der Waals surface area contributed by atoms with Crippen LogP contribution in [-0.2, 0) is 0 Å². The van der Waals surface area contributed by atoms with Gasteiger partial charge in [0.05, 0.1) is 17.9 Å². The number of piperazine rings is 1. The Labute approximate surface area is 231 Å². The molecule has 3 saturated heterocycles. The van der Waals surface area contributed by atoms with Gasteiger partial charge in [0.15, 0.2) is 0 Å². The van der Waals surface area contributed by atoms with Crippen LogP contribution in [0.5, 0.6) is 5.75 Å². The molecule has 0 aromatic heterocycles. The quantitative estimate of drug-likeness (QED) is 0.481. The van der Waals surface area contributed by atoms with Crippen molar-refractivity contribution >= 4 is 17.5 Å². The van der Waals surface area contributed by atoms with Crippen molar-refractivity contribution in [3.05, 3.63) is 59.2 Å². The number of carbonyl (C=O) groups is 2. The van der Waals surface area contributed by atoms with Gasteiger partial charge in [-0.25, -0.2) is 0 Å². The molecule has 2 aromatic carbocycles. The van der Waals surface area contributed by atoms with E-state index < -0.39 is 0 Å². The summed E-state index contributed by atoms with van der Waals surface area (Å²) >= 11 is 0. The maximum atomic E-state index is 13.1. The topological polar surface area (TPSA) is 80.1 Å². The Balaban J connectivity index is 1.11. The molecule has 0 unspecified atom stereocenters. The number of hydrogen-bond donors (Lipinski definition) is 0. The van der Waals surface area contributed by atoms with E-state index in [9.17, 15) is 14.9 Å². The predicted octanol–water partition coefficient (Wildman–Crippen LogP) is 4.01. The minimum Gasteiger partial charge on any atom is -0.493 e. The Kier molecular flexibility index (Phi) is 9.00. The molecule has 3 heterocycles. The van der Waals surface area contributed by atoms with Crippen molar-refractivity contribution < 1.29 is 14.3 Å². The molecule has 0 spiro atoms. The lowest BCUT2D eigenvalue weighted by atomic mass is 10.1. The highest BCUT2D eigenvalue weighted by Crippen LogP contribution is 2.27. The van der Waals surface area contributed by atoms with Crippen LogP contribution in [0.2, 0.25) is 0 Å².